The third-order valence-electron chi connectivity index (χ3n) is 4.98. The second-order valence-electron chi connectivity index (χ2n) is 6.15. The smallest absolute Gasteiger partial charge is 0.350 e. The molecule has 0 unspecified atom stereocenters. The number of ether oxygens (including phenoxy) is 1. The molecule has 136 valence electrons. The van der Waals surface area contributed by atoms with Gasteiger partial charge in [-0.2, -0.15) is 0 Å². The maximum Gasteiger partial charge on any atom is 0.350 e. The molecule has 0 bridgehead atoms. The Labute approximate surface area is 148 Å². The lowest BCUT2D eigenvalue weighted by Crippen LogP contribution is -2.82. The van der Waals surface area contributed by atoms with Crippen molar-refractivity contribution in [3.8, 4) is 0 Å². The second kappa shape index (κ2) is 5.13. The molecule has 9 nitrogen and oxygen atoms in total. The van der Waals surface area contributed by atoms with Gasteiger partial charge in [0.25, 0.3) is 22.6 Å². The first-order valence-electron chi connectivity index (χ1n) is 7.97. The molecule has 4 rings (SSSR count). The summed E-state index contributed by atoms with van der Waals surface area (Å²) in [5, 5.41) is 0. The molecule has 0 saturated carbocycles. The lowest BCUT2D eigenvalue weighted by Gasteiger charge is -2.51. The molecule has 3 aliphatic rings. The van der Waals surface area contributed by atoms with Gasteiger partial charge in [-0.15, -0.1) is 0 Å². The molecule has 3 heterocycles. The summed E-state index contributed by atoms with van der Waals surface area (Å²) < 4.78 is 30.3. The highest BCUT2D eigenvalue weighted by Crippen LogP contribution is 2.47. The number of nitrogens with zero attached hydrogens (tertiary/aromatic N) is 2. The molecular weight excluding hydrogens is 364 g/mol. The molecule has 0 radical (unpaired) electrons. The molecule has 2 atom stereocenters. The van der Waals surface area contributed by atoms with Crippen LogP contribution in [0.25, 0.3) is 0 Å². The van der Waals surface area contributed by atoms with Gasteiger partial charge in [0.15, 0.2) is 15.9 Å². The quantitative estimate of drug-likeness (QED) is 0.383. The van der Waals surface area contributed by atoms with E-state index in [0.717, 1.165) is 4.90 Å². The van der Waals surface area contributed by atoms with Crippen molar-refractivity contribution in [2.75, 3.05) is 18.9 Å². The summed E-state index contributed by atoms with van der Waals surface area (Å²) in [6.45, 7) is 1.21. The number of carbonyl (C=O) groups is 4. The number of carbonyl (C=O) groups excluding carboxylic acids is 4. The number of esters is 1. The molecule has 3 amide bonds. The Hall–Kier alpha value is -2.75. The van der Waals surface area contributed by atoms with Crippen molar-refractivity contribution >= 4 is 33.5 Å². The van der Waals surface area contributed by atoms with Gasteiger partial charge in [0.2, 0.25) is 0 Å². The van der Waals surface area contributed by atoms with Crippen LogP contribution in [0.15, 0.2) is 24.3 Å². The molecular formula is C16H14N2O7S. The molecule has 0 spiro atoms. The van der Waals surface area contributed by atoms with Gasteiger partial charge in [-0.25, -0.2) is 13.2 Å². The van der Waals surface area contributed by atoms with Gasteiger partial charge in [0.1, 0.15) is 0 Å². The van der Waals surface area contributed by atoms with Crippen LogP contribution in [0.5, 0.6) is 0 Å². The van der Waals surface area contributed by atoms with Gasteiger partial charge in [0, 0.05) is 6.54 Å². The van der Waals surface area contributed by atoms with E-state index in [0.29, 0.717) is 4.90 Å². The minimum absolute atomic E-state index is 0.0677. The number of rotatable bonds is 3. The normalized spacial score (nSPS) is 28.7. The second-order valence-corrected chi connectivity index (χ2v) is 8.41. The Morgan fingerprint density at radius 3 is 2.31 bits per heavy atom. The van der Waals surface area contributed by atoms with Crippen molar-refractivity contribution in [2.24, 2.45) is 0 Å². The number of hydrogen-bond acceptors (Lipinski definition) is 7. The summed E-state index contributed by atoms with van der Waals surface area (Å²) in [4.78, 5) is 49.7. The van der Waals surface area contributed by atoms with E-state index < -0.39 is 50.2 Å². The standard InChI is InChI=1S/C16H14N2O7S/c1-2-25-15(22)16-11(14(21)17(16)7-8-26(16,23)24)18-12(19)9-5-3-4-6-10(9)13(18)20/h3-6,11H,2,7-8H2,1H3/t11-,16+/m1/s1. The molecule has 10 heteroatoms. The average Bonchev–Trinajstić information content (AvgIpc) is 2.99. The number of imide groups is 1. The number of sulfone groups is 1. The predicted octanol–water partition coefficient (Wildman–Crippen LogP) is -0.819. The predicted molar refractivity (Wildman–Crippen MR) is 85.6 cm³/mol. The van der Waals surface area contributed by atoms with Crippen LogP contribution in [0.2, 0.25) is 0 Å². The van der Waals surface area contributed by atoms with Gasteiger partial charge in [-0.05, 0) is 19.1 Å². The molecule has 3 aliphatic heterocycles. The zero-order valence-electron chi connectivity index (χ0n) is 13.7. The van der Waals surface area contributed by atoms with E-state index >= 15 is 0 Å². The Bertz CT molecular complexity index is 951. The van der Waals surface area contributed by atoms with Crippen LogP contribution in [0.3, 0.4) is 0 Å². The Morgan fingerprint density at radius 2 is 1.77 bits per heavy atom. The lowest BCUT2D eigenvalue weighted by atomic mass is 9.92. The van der Waals surface area contributed by atoms with Crippen LogP contribution in [0.4, 0.5) is 0 Å². The lowest BCUT2D eigenvalue weighted by molar-refractivity contribution is -0.176. The number of hydrogen-bond donors (Lipinski definition) is 0. The minimum atomic E-state index is -4.14. The molecule has 1 aromatic rings. The monoisotopic (exact) mass is 378 g/mol. The van der Waals surface area contributed by atoms with Gasteiger partial charge >= 0.3 is 5.97 Å². The summed E-state index contributed by atoms with van der Waals surface area (Å²) in [6, 6.07) is 4.18. The van der Waals surface area contributed by atoms with Crippen molar-refractivity contribution in [3.05, 3.63) is 35.4 Å². The first-order chi connectivity index (χ1) is 12.3. The van der Waals surface area contributed by atoms with Crippen molar-refractivity contribution in [1.29, 1.82) is 0 Å². The highest BCUT2D eigenvalue weighted by Gasteiger charge is 2.79. The summed E-state index contributed by atoms with van der Waals surface area (Å²) in [5.74, 6) is -3.92. The zero-order chi connectivity index (χ0) is 18.9. The first kappa shape index (κ1) is 16.7. The van der Waals surface area contributed by atoms with Crippen molar-refractivity contribution in [3.63, 3.8) is 0 Å². The molecule has 1 aromatic carbocycles. The largest absolute Gasteiger partial charge is 0.463 e. The average molecular weight is 378 g/mol. The van der Waals surface area contributed by atoms with Crippen LogP contribution in [0, 0.1) is 0 Å². The highest BCUT2D eigenvalue weighted by atomic mass is 32.2. The number of β-lactam (4-membered cyclic amide) rings is 1. The molecule has 0 N–H and O–H groups in total. The van der Waals surface area contributed by atoms with Gasteiger partial charge in [0.05, 0.1) is 23.5 Å². The van der Waals surface area contributed by atoms with Crippen LogP contribution < -0.4 is 0 Å². The topological polar surface area (TPSA) is 118 Å². The Morgan fingerprint density at radius 1 is 1.19 bits per heavy atom. The fraction of sp³-hybridized carbons (Fsp3) is 0.375. The van der Waals surface area contributed by atoms with E-state index in [9.17, 15) is 27.6 Å². The fourth-order valence-electron chi connectivity index (χ4n) is 3.85. The van der Waals surface area contributed by atoms with Crippen LogP contribution in [-0.2, 0) is 24.2 Å². The molecule has 26 heavy (non-hydrogen) atoms. The SMILES string of the molecule is CCOC(=O)[C@@]12[C@H](N3C(=O)c4ccccc4C3=O)C(=O)N1CCS2(=O)=O. The zero-order valence-corrected chi connectivity index (χ0v) is 14.5. The number of amides is 3. The van der Waals surface area contributed by atoms with Crippen LogP contribution >= 0.6 is 0 Å². The highest BCUT2D eigenvalue weighted by molar-refractivity contribution is 7.94. The summed E-state index contributed by atoms with van der Waals surface area (Å²) in [6.07, 6.45) is 0. The molecule has 2 fully saturated rings. The molecule has 0 aliphatic carbocycles. The molecule has 2 saturated heterocycles. The van der Waals surface area contributed by atoms with Crippen LogP contribution in [0.1, 0.15) is 27.6 Å². The van der Waals surface area contributed by atoms with E-state index in [1.54, 1.807) is 12.1 Å². The van der Waals surface area contributed by atoms with E-state index in [4.69, 9.17) is 4.74 Å². The summed E-state index contributed by atoms with van der Waals surface area (Å²) in [5.41, 5.74) is 0.135. The van der Waals surface area contributed by atoms with E-state index in [1.165, 1.54) is 19.1 Å². The Kier molecular flexibility index (Phi) is 3.30. The van der Waals surface area contributed by atoms with E-state index in [-0.39, 0.29) is 24.3 Å². The first-order valence-corrected chi connectivity index (χ1v) is 9.62. The van der Waals surface area contributed by atoms with Crippen molar-refractivity contribution < 1.29 is 32.3 Å². The van der Waals surface area contributed by atoms with E-state index in [2.05, 4.69) is 0 Å². The van der Waals surface area contributed by atoms with E-state index in [1.807, 2.05) is 0 Å². The van der Waals surface area contributed by atoms with Gasteiger partial charge < -0.3 is 9.64 Å². The third kappa shape index (κ3) is 1.67. The number of fused-ring (bicyclic) bond motifs is 2. The summed E-state index contributed by atoms with van der Waals surface area (Å²) in [7, 11) is -4.14. The van der Waals surface area contributed by atoms with Crippen molar-refractivity contribution in [1.82, 2.24) is 9.80 Å². The maximum atomic E-state index is 12.7. The third-order valence-corrected chi connectivity index (χ3v) is 7.26. The maximum absolute atomic E-state index is 12.7. The molecule has 0 aromatic heterocycles. The van der Waals surface area contributed by atoms with Crippen molar-refractivity contribution in [2.45, 2.75) is 17.8 Å². The van der Waals surface area contributed by atoms with Gasteiger partial charge in [-0.3, -0.25) is 19.3 Å². The van der Waals surface area contributed by atoms with Crippen LogP contribution in [-0.4, -0.2) is 71.7 Å². The minimum Gasteiger partial charge on any atom is -0.463 e. The Balaban J connectivity index is 1.87. The number of benzene rings is 1. The summed E-state index contributed by atoms with van der Waals surface area (Å²) >= 11 is 0. The van der Waals surface area contributed by atoms with Gasteiger partial charge in [-0.1, -0.05) is 12.1 Å². The fourth-order valence-corrected chi connectivity index (χ4v) is 5.96.